The number of carbonyl (C=O) groups is 1. The van der Waals surface area contributed by atoms with Crippen LogP contribution in [-0.2, 0) is 14.0 Å². The van der Waals surface area contributed by atoms with E-state index in [0.717, 1.165) is 25.2 Å². The highest BCUT2D eigenvalue weighted by Gasteiger charge is 2.71. The molecule has 4 rings (SSSR count). The second-order valence-corrected chi connectivity index (χ2v) is 19.5. The van der Waals surface area contributed by atoms with Crippen LogP contribution in [0.3, 0.4) is 0 Å². The topological polar surface area (TPSA) is 55.8 Å². The van der Waals surface area contributed by atoms with Gasteiger partial charge in [-0.05, 0) is 110 Å². The fourth-order valence-electron chi connectivity index (χ4n) is 9.35. The highest BCUT2D eigenvalue weighted by molar-refractivity contribution is 6.74. The molecule has 0 saturated heterocycles. The van der Waals surface area contributed by atoms with Gasteiger partial charge in [-0.25, -0.2) is 0 Å². The lowest BCUT2D eigenvalue weighted by Gasteiger charge is -2.54. The minimum atomic E-state index is -1.92. The van der Waals surface area contributed by atoms with Crippen molar-refractivity contribution in [3.05, 3.63) is 0 Å². The molecule has 0 amide bonds. The number of hydrogen-bond donors (Lipinski definition) is 1. The first-order valence-corrected chi connectivity index (χ1v) is 17.0. The molecule has 2 bridgehead atoms. The van der Waals surface area contributed by atoms with Crippen molar-refractivity contribution in [3.8, 4) is 0 Å². The zero-order valence-electron chi connectivity index (χ0n) is 23.5. The predicted molar refractivity (Wildman–Crippen MR) is 140 cm³/mol. The average molecular weight is 493 g/mol. The van der Waals surface area contributed by atoms with Gasteiger partial charge in [0.15, 0.2) is 8.32 Å². The Morgan fingerprint density at radius 1 is 1.09 bits per heavy atom. The first kappa shape index (κ1) is 26.7. The smallest absolute Gasteiger partial charge is 0.303 e. The van der Waals surface area contributed by atoms with Crippen LogP contribution in [0.2, 0.25) is 18.1 Å². The maximum atomic E-state index is 11.3. The predicted octanol–water partition coefficient (Wildman–Crippen LogP) is 7.53. The normalized spacial score (nSPS) is 45.0. The molecule has 4 nitrogen and oxygen atoms in total. The molecule has 0 aromatic rings. The first-order chi connectivity index (χ1) is 15.6. The lowest BCUT2D eigenvalue weighted by molar-refractivity contribution is -0.165. The second kappa shape index (κ2) is 8.58. The summed E-state index contributed by atoms with van der Waals surface area (Å²) in [7, 11) is 0.0594. The summed E-state index contributed by atoms with van der Waals surface area (Å²) >= 11 is 0. The van der Waals surface area contributed by atoms with E-state index >= 15 is 0 Å². The number of rotatable bonds is 7. The lowest BCUT2D eigenvalue weighted by Crippen LogP contribution is -2.59. The Balaban J connectivity index is 1.67. The van der Waals surface area contributed by atoms with E-state index < -0.39 is 14.3 Å². The summed E-state index contributed by atoms with van der Waals surface area (Å²) in [6.07, 6.45) is 9.96. The Labute approximate surface area is 210 Å². The van der Waals surface area contributed by atoms with Gasteiger partial charge in [0.2, 0.25) is 0 Å². The van der Waals surface area contributed by atoms with Crippen LogP contribution in [0.25, 0.3) is 0 Å². The molecule has 0 spiro atoms. The van der Waals surface area contributed by atoms with Crippen molar-refractivity contribution in [2.45, 2.75) is 129 Å². The third-order valence-electron chi connectivity index (χ3n) is 12.1. The summed E-state index contributed by atoms with van der Waals surface area (Å²) in [6, 6.07) is 0. The average Bonchev–Trinajstić information content (AvgIpc) is 3.18. The van der Waals surface area contributed by atoms with Gasteiger partial charge in [0.05, 0.1) is 11.7 Å². The van der Waals surface area contributed by atoms with Crippen LogP contribution in [-0.4, -0.2) is 38.2 Å². The van der Waals surface area contributed by atoms with Crippen molar-refractivity contribution in [2.75, 3.05) is 7.11 Å². The van der Waals surface area contributed by atoms with Crippen molar-refractivity contribution < 1.29 is 19.1 Å². The molecule has 1 N–H and O–H groups in total. The largest absolute Gasteiger partial charge is 0.481 e. The van der Waals surface area contributed by atoms with E-state index in [1.165, 1.54) is 32.1 Å². The van der Waals surface area contributed by atoms with Gasteiger partial charge in [0, 0.05) is 13.5 Å². The Kier molecular flexibility index (Phi) is 6.73. The van der Waals surface area contributed by atoms with Gasteiger partial charge in [0.1, 0.15) is 0 Å². The number of carboxylic acids is 1. The van der Waals surface area contributed by atoms with Crippen LogP contribution < -0.4 is 0 Å². The molecule has 0 heterocycles. The van der Waals surface area contributed by atoms with Gasteiger partial charge in [0.25, 0.3) is 0 Å². The molecule has 4 aliphatic rings. The highest BCUT2D eigenvalue weighted by atomic mass is 28.4. The van der Waals surface area contributed by atoms with E-state index in [0.29, 0.717) is 40.9 Å². The van der Waals surface area contributed by atoms with Gasteiger partial charge in [-0.15, -0.1) is 0 Å². The van der Waals surface area contributed by atoms with E-state index in [2.05, 4.69) is 54.6 Å². The van der Waals surface area contributed by atoms with Crippen molar-refractivity contribution in [2.24, 2.45) is 40.4 Å². The molecule has 0 aromatic heterocycles. The Morgan fingerprint density at radius 2 is 1.76 bits per heavy atom. The molecule has 9 atom stereocenters. The fraction of sp³-hybridized carbons (Fsp3) is 0.966. The van der Waals surface area contributed by atoms with E-state index in [4.69, 9.17) is 9.16 Å². The maximum Gasteiger partial charge on any atom is 0.303 e. The van der Waals surface area contributed by atoms with Crippen LogP contribution in [0.1, 0.15) is 99.3 Å². The number of aliphatic carboxylic acids is 1. The van der Waals surface area contributed by atoms with Gasteiger partial charge in [-0.2, -0.15) is 0 Å². The van der Waals surface area contributed by atoms with E-state index in [1.54, 1.807) is 0 Å². The summed E-state index contributed by atoms with van der Waals surface area (Å²) in [4.78, 5) is 11.3. The number of ether oxygens (including phenoxy) is 1. The first-order valence-electron chi connectivity index (χ1n) is 14.1. The van der Waals surface area contributed by atoms with E-state index in [-0.39, 0.29) is 16.7 Å². The zero-order valence-corrected chi connectivity index (χ0v) is 24.5. The van der Waals surface area contributed by atoms with Crippen molar-refractivity contribution in [1.82, 2.24) is 0 Å². The Hall–Kier alpha value is -0.393. The number of carboxylic acid groups (broad SMARTS) is 1. The molecule has 4 fully saturated rings. The summed E-state index contributed by atoms with van der Waals surface area (Å²) in [5.74, 6) is 2.39. The van der Waals surface area contributed by atoms with Gasteiger partial charge in [-0.1, -0.05) is 41.5 Å². The third kappa shape index (κ3) is 3.95. The SMILES string of the molecule is COC12C[C@](C)(CCC1O[Si](C)(C)C(C)(C)C)[C@H]1CC[C@]3(C)[C@@H]([C@H](C)CCC(=O)O)CC[C@H]3[C@@H]12. The molecule has 2 unspecified atom stereocenters. The van der Waals surface area contributed by atoms with E-state index in [9.17, 15) is 9.90 Å². The molecule has 0 aliphatic heterocycles. The quantitative estimate of drug-likeness (QED) is 0.373. The summed E-state index contributed by atoms with van der Waals surface area (Å²) in [5.41, 5.74) is 0.487. The van der Waals surface area contributed by atoms with Gasteiger partial charge >= 0.3 is 5.97 Å². The van der Waals surface area contributed by atoms with E-state index in [1.807, 2.05) is 7.11 Å². The fourth-order valence-corrected chi connectivity index (χ4v) is 10.7. The van der Waals surface area contributed by atoms with Crippen molar-refractivity contribution >= 4 is 14.3 Å². The van der Waals surface area contributed by atoms with Gasteiger partial charge in [-0.3, -0.25) is 4.79 Å². The molecule has 5 heteroatoms. The summed E-state index contributed by atoms with van der Waals surface area (Å²) in [5, 5.41) is 9.47. The molecule has 34 heavy (non-hydrogen) atoms. The van der Waals surface area contributed by atoms with Crippen LogP contribution in [0.5, 0.6) is 0 Å². The van der Waals surface area contributed by atoms with Crippen LogP contribution >= 0.6 is 0 Å². The number of fused-ring (bicyclic) bond motifs is 7. The summed E-state index contributed by atoms with van der Waals surface area (Å²) in [6.45, 7) is 19.3. The highest BCUT2D eigenvalue weighted by Crippen LogP contribution is 2.73. The van der Waals surface area contributed by atoms with Crippen LogP contribution in [0, 0.1) is 40.4 Å². The maximum absolute atomic E-state index is 11.3. The molecule has 4 aliphatic carbocycles. The van der Waals surface area contributed by atoms with Crippen molar-refractivity contribution in [1.29, 1.82) is 0 Å². The second-order valence-electron chi connectivity index (χ2n) is 14.8. The Bertz CT molecular complexity index is 789. The standard InChI is InChI=1S/C29H52O4Si/c1-19(10-13-24(30)31)20-11-12-22-25-21(14-17-28(20,22)6)27(5)16-15-23(29(25,18-27)32-7)33-34(8,9)26(2,3)4/h19-23,25H,10-18H2,1-9H3,(H,30,31)/t19-,20-,21+,22+,23?,25-,27+,28-,29?/m1/s1. The molecule has 4 saturated carbocycles. The third-order valence-corrected chi connectivity index (χ3v) is 16.6. The number of methoxy groups -OCH3 is 1. The minimum Gasteiger partial charge on any atom is -0.481 e. The molecule has 0 aromatic carbocycles. The lowest BCUT2D eigenvalue weighted by atomic mass is 9.53. The zero-order chi connectivity index (χ0) is 25.3. The monoisotopic (exact) mass is 492 g/mol. The Morgan fingerprint density at radius 3 is 2.35 bits per heavy atom. The minimum absolute atomic E-state index is 0.168. The van der Waals surface area contributed by atoms with Crippen LogP contribution in [0.15, 0.2) is 0 Å². The van der Waals surface area contributed by atoms with Gasteiger partial charge < -0.3 is 14.3 Å². The molecular weight excluding hydrogens is 440 g/mol. The number of hydrogen-bond acceptors (Lipinski definition) is 3. The van der Waals surface area contributed by atoms with Crippen molar-refractivity contribution in [3.63, 3.8) is 0 Å². The molecule has 196 valence electrons. The summed E-state index contributed by atoms with van der Waals surface area (Å²) < 4.78 is 14.0. The van der Waals surface area contributed by atoms with Crippen LogP contribution in [0.4, 0.5) is 0 Å². The molecule has 0 radical (unpaired) electrons. The molecular formula is C29H52O4Si.